The van der Waals surface area contributed by atoms with E-state index in [1.54, 1.807) is 23.9 Å². The smallest absolute Gasteiger partial charge is 0.265 e. The first-order valence-electron chi connectivity index (χ1n) is 6.85. The molecular formula is C15H21N3O2S. The third kappa shape index (κ3) is 2.96. The summed E-state index contributed by atoms with van der Waals surface area (Å²) in [5, 5.41) is 0. The molecule has 114 valence electrons. The van der Waals surface area contributed by atoms with Crippen LogP contribution in [0.3, 0.4) is 0 Å². The normalized spacial score (nSPS) is 11.6. The summed E-state index contributed by atoms with van der Waals surface area (Å²) in [6, 6.07) is 9.09. The van der Waals surface area contributed by atoms with Crippen molar-refractivity contribution in [3.8, 4) is 0 Å². The van der Waals surface area contributed by atoms with Crippen molar-refractivity contribution in [3.05, 3.63) is 47.8 Å². The molecule has 6 heteroatoms. The van der Waals surface area contributed by atoms with E-state index < -0.39 is 10.0 Å². The van der Waals surface area contributed by atoms with Crippen LogP contribution in [0.15, 0.2) is 41.4 Å². The summed E-state index contributed by atoms with van der Waals surface area (Å²) < 4.78 is 28.8. The second kappa shape index (κ2) is 5.91. The van der Waals surface area contributed by atoms with Crippen molar-refractivity contribution in [2.75, 3.05) is 10.8 Å². The van der Waals surface area contributed by atoms with E-state index in [-0.39, 0.29) is 4.90 Å². The molecule has 1 aromatic heterocycles. The van der Waals surface area contributed by atoms with Crippen molar-refractivity contribution in [1.29, 1.82) is 0 Å². The first-order chi connectivity index (χ1) is 9.90. The van der Waals surface area contributed by atoms with Crippen LogP contribution in [0.5, 0.6) is 0 Å². The molecule has 0 aliphatic carbocycles. The zero-order valence-electron chi connectivity index (χ0n) is 12.6. The highest BCUT2D eigenvalue weighted by Crippen LogP contribution is 2.24. The molecule has 0 saturated heterocycles. The van der Waals surface area contributed by atoms with E-state index in [9.17, 15) is 8.42 Å². The Bertz CT molecular complexity index is 718. The molecule has 21 heavy (non-hydrogen) atoms. The fraction of sp³-hybridized carbons (Fsp3) is 0.333. The van der Waals surface area contributed by atoms with Gasteiger partial charge in [0.25, 0.3) is 10.0 Å². The molecule has 0 aliphatic rings. The Labute approximate surface area is 126 Å². The van der Waals surface area contributed by atoms with E-state index in [2.05, 4.69) is 0 Å². The molecule has 0 aliphatic heterocycles. The summed E-state index contributed by atoms with van der Waals surface area (Å²) in [4.78, 5) is 0.271. The molecule has 2 rings (SSSR count). The maximum absolute atomic E-state index is 12.8. The molecule has 0 saturated carbocycles. The van der Waals surface area contributed by atoms with Gasteiger partial charge in [-0.15, -0.1) is 0 Å². The second-order valence-electron chi connectivity index (χ2n) is 4.99. The van der Waals surface area contributed by atoms with E-state index >= 15 is 0 Å². The molecule has 0 radical (unpaired) electrons. The quantitative estimate of drug-likeness (QED) is 0.918. The molecule has 0 unspecified atom stereocenters. The summed E-state index contributed by atoms with van der Waals surface area (Å²) in [7, 11) is -1.78. The number of nitrogens with zero attached hydrogens (tertiary/aromatic N) is 2. The number of aromatic nitrogens is 1. The van der Waals surface area contributed by atoms with Crippen LogP contribution in [-0.4, -0.2) is 19.5 Å². The minimum atomic E-state index is -3.57. The van der Waals surface area contributed by atoms with Gasteiger partial charge in [-0.25, -0.2) is 8.42 Å². The fourth-order valence-electron chi connectivity index (χ4n) is 2.25. The minimum Gasteiger partial charge on any atom is -0.352 e. The van der Waals surface area contributed by atoms with Crippen molar-refractivity contribution in [2.45, 2.75) is 25.3 Å². The molecular weight excluding hydrogens is 286 g/mol. The Hall–Kier alpha value is -1.79. The van der Waals surface area contributed by atoms with Gasteiger partial charge in [0, 0.05) is 32.0 Å². The Morgan fingerprint density at radius 2 is 1.86 bits per heavy atom. The highest BCUT2D eigenvalue weighted by Gasteiger charge is 2.25. The number of nitrogens with two attached hydrogens (primary N) is 1. The summed E-state index contributed by atoms with van der Waals surface area (Å²) >= 11 is 0. The standard InChI is InChI=1S/C15H21N3O2S/c1-4-18(13-7-5-12(2)6-8-13)21(19,20)15-9-14(10-16)17(3)11-15/h5-9,11H,4,10,16H2,1-3H3. The lowest BCUT2D eigenvalue weighted by Crippen LogP contribution is -2.30. The van der Waals surface area contributed by atoms with Gasteiger partial charge in [-0.1, -0.05) is 17.7 Å². The van der Waals surface area contributed by atoms with Crippen LogP contribution in [0.4, 0.5) is 5.69 Å². The zero-order chi connectivity index (χ0) is 15.6. The van der Waals surface area contributed by atoms with Crippen LogP contribution < -0.4 is 10.0 Å². The van der Waals surface area contributed by atoms with E-state index in [1.807, 2.05) is 38.1 Å². The molecule has 0 fully saturated rings. The number of sulfonamides is 1. The molecule has 2 N–H and O–H groups in total. The van der Waals surface area contributed by atoms with Crippen LogP contribution in [0.25, 0.3) is 0 Å². The predicted octanol–water partition coefficient (Wildman–Crippen LogP) is 2.01. The zero-order valence-corrected chi connectivity index (χ0v) is 13.4. The molecule has 1 heterocycles. The van der Waals surface area contributed by atoms with E-state index in [0.29, 0.717) is 18.8 Å². The SMILES string of the molecule is CCN(c1ccc(C)cc1)S(=O)(=O)c1cc(CN)n(C)c1. The lowest BCUT2D eigenvalue weighted by atomic mass is 10.2. The first-order valence-corrected chi connectivity index (χ1v) is 8.29. The fourth-order valence-corrected chi connectivity index (χ4v) is 3.82. The Morgan fingerprint density at radius 3 is 2.33 bits per heavy atom. The largest absolute Gasteiger partial charge is 0.352 e. The first kappa shape index (κ1) is 15.6. The minimum absolute atomic E-state index is 0.271. The highest BCUT2D eigenvalue weighted by molar-refractivity contribution is 7.92. The highest BCUT2D eigenvalue weighted by atomic mass is 32.2. The monoisotopic (exact) mass is 307 g/mol. The molecule has 2 aromatic rings. The Morgan fingerprint density at radius 1 is 1.24 bits per heavy atom. The summed E-state index contributed by atoms with van der Waals surface area (Å²) in [6.07, 6.45) is 1.61. The van der Waals surface area contributed by atoms with Crippen LogP contribution in [0.2, 0.25) is 0 Å². The average molecular weight is 307 g/mol. The Kier molecular flexibility index (Phi) is 4.39. The maximum atomic E-state index is 12.8. The van der Waals surface area contributed by atoms with Gasteiger partial charge in [0.05, 0.1) is 5.69 Å². The maximum Gasteiger partial charge on any atom is 0.265 e. The molecule has 0 bridgehead atoms. The average Bonchev–Trinajstić information content (AvgIpc) is 2.83. The molecule has 1 aromatic carbocycles. The second-order valence-corrected chi connectivity index (χ2v) is 6.85. The van der Waals surface area contributed by atoms with E-state index in [0.717, 1.165) is 11.3 Å². The predicted molar refractivity (Wildman–Crippen MR) is 84.7 cm³/mol. The summed E-state index contributed by atoms with van der Waals surface area (Å²) in [6.45, 7) is 4.48. The molecule has 0 spiro atoms. The Balaban J connectivity index is 2.46. The molecule has 5 nitrogen and oxygen atoms in total. The lowest BCUT2D eigenvalue weighted by molar-refractivity contribution is 0.591. The topological polar surface area (TPSA) is 68.3 Å². The third-order valence-corrected chi connectivity index (χ3v) is 5.36. The summed E-state index contributed by atoms with van der Waals surface area (Å²) in [5.74, 6) is 0. The van der Waals surface area contributed by atoms with Crippen LogP contribution in [0.1, 0.15) is 18.2 Å². The van der Waals surface area contributed by atoms with Gasteiger partial charge in [-0.2, -0.15) is 0 Å². The van der Waals surface area contributed by atoms with E-state index in [4.69, 9.17) is 5.73 Å². The number of anilines is 1. The van der Waals surface area contributed by atoms with Gasteiger partial charge >= 0.3 is 0 Å². The van der Waals surface area contributed by atoms with Crippen LogP contribution >= 0.6 is 0 Å². The van der Waals surface area contributed by atoms with Crippen LogP contribution in [-0.2, 0) is 23.6 Å². The summed E-state index contributed by atoms with van der Waals surface area (Å²) in [5.41, 5.74) is 8.16. The van der Waals surface area contributed by atoms with Gasteiger partial charge in [-0.3, -0.25) is 4.31 Å². The van der Waals surface area contributed by atoms with Crippen LogP contribution in [0, 0.1) is 6.92 Å². The van der Waals surface area contributed by atoms with Crippen molar-refractivity contribution >= 4 is 15.7 Å². The molecule has 0 atom stereocenters. The number of benzene rings is 1. The lowest BCUT2D eigenvalue weighted by Gasteiger charge is -2.22. The van der Waals surface area contributed by atoms with Gasteiger partial charge in [-0.05, 0) is 32.0 Å². The van der Waals surface area contributed by atoms with Gasteiger partial charge in [0.15, 0.2) is 0 Å². The number of aryl methyl sites for hydroxylation is 2. The van der Waals surface area contributed by atoms with Crippen molar-refractivity contribution < 1.29 is 8.42 Å². The van der Waals surface area contributed by atoms with Gasteiger partial charge in [0.2, 0.25) is 0 Å². The number of rotatable bonds is 5. The van der Waals surface area contributed by atoms with Crippen molar-refractivity contribution in [1.82, 2.24) is 4.57 Å². The number of hydrogen-bond donors (Lipinski definition) is 1. The van der Waals surface area contributed by atoms with Crippen molar-refractivity contribution in [2.24, 2.45) is 12.8 Å². The van der Waals surface area contributed by atoms with Gasteiger partial charge in [0.1, 0.15) is 4.90 Å². The van der Waals surface area contributed by atoms with Crippen molar-refractivity contribution in [3.63, 3.8) is 0 Å². The molecule has 0 amide bonds. The van der Waals surface area contributed by atoms with E-state index in [1.165, 1.54) is 4.31 Å². The number of hydrogen-bond acceptors (Lipinski definition) is 3. The third-order valence-electron chi connectivity index (χ3n) is 3.49. The van der Waals surface area contributed by atoms with Gasteiger partial charge < -0.3 is 10.3 Å².